The normalized spacial score (nSPS) is 11.7. The Kier molecular flexibility index (Phi) is 6.50. The second-order valence-corrected chi connectivity index (χ2v) is 3.90. The lowest BCUT2D eigenvalue weighted by atomic mass is 9.80. The largest absolute Gasteiger partial charge is 0.356 e. The van der Waals surface area contributed by atoms with Crippen LogP contribution in [0.1, 0.15) is 26.2 Å². The van der Waals surface area contributed by atoms with Gasteiger partial charge in [0.1, 0.15) is 0 Å². The lowest BCUT2D eigenvalue weighted by Gasteiger charge is -2.30. The van der Waals surface area contributed by atoms with Crippen molar-refractivity contribution in [2.75, 3.05) is 14.2 Å². The van der Waals surface area contributed by atoms with E-state index in [2.05, 4.69) is 20.1 Å². The first-order valence-electron chi connectivity index (χ1n) is 4.89. The van der Waals surface area contributed by atoms with Crippen molar-refractivity contribution in [2.45, 2.75) is 32.5 Å². The van der Waals surface area contributed by atoms with E-state index in [0.717, 1.165) is 19.3 Å². The second-order valence-electron chi connectivity index (χ2n) is 3.90. The Bertz CT molecular complexity index is 161. The molecule has 0 aromatic carbocycles. The van der Waals surface area contributed by atoms with E-state index in [1.54, 1.807) is 14.2 Å². The summed E-state index contributed by atoms with van der Waals surface area (Å²) in [5, 5.41) is 0. The molecule has 0 saturated carbocycles. The van der Waals surface area contributed by atoms with Crippen LogP contribution >= 0.6 is 0 Å². The second kappa shape index (κ2) is 6.80. The van der Waals surface area contributed by atoms with Gasteiger partial charge in [-0.25, -0.2) is 0 Å². The summed E-state index contributed by atoms with van der Waals surface area (Å²) in [5.41, 5.74) is 0.139. The fraction of sp³-hybridized carbons (Fsp3) is 0.667. The van der Waals surface area contributed by atoms with Crippen molar-refractivity contribution in [3.8, 4) is 0 Å². The monoisotopic (exact) mass is 198 g/mol. The van der Waals surface area contributed by atoms with Gasteiger partial charge in [-0.15, -0.1) is 13.2 Å². The summed E-state index contributed by atoms with van der Waals surface area (Å²) in [5.74, 6) is 0. The van der Waals surface area contributed by atoms with Gasteiger partial charge in [0.05, 0.1) is 0 Å². The Morgan fingerprint density at radius 3 is 1.86 bits per heavy atom. The summed E-state index contributed by atoms with van der Waals surface area (Å²) in [6.45, 7) is 9.74. The van der Waals surface area contributed by atoms with Gasteiger partial charge in [-0.2, -0.15) is 0 Å². The highest BCUT2D eigenvalue weighted by Crippen LogP contribution is 2.33. The summed E-state index contributed by atoms with van der Waals surface area (Å²) in [6.07, 6.45) is 6.49. The molecule has 0 radical (unpaired) electrons. The molecule has 0 aliphatic heterocycles. The third kappa shape index (κ3) is 4.58. The molecular weight excluding hydrogens is 176 g/mol. The molecule has 0 aliphatic rings. The van der Waals surface area contributed by atoms with E-state index in [1.807, 2.05) is 12.2 Å². The molecule has 2 heteroatoms. The molecule has 0 aromatic rings. The summed E-state index contributed by atoms with van der Waals surface area (Å²) in [6, 6.07) is 0. The standard InChI is InChI=1S/C12H22O2/c1-6-8-12(3,9-7-2)10-11(13-4)14-5/h6-7,11H,1-2,8-10H2,3-5H3. The van der Waals surface area contributed by atoms with Crippen LogP contribution in [0.3, 0.4) is 0 Å². The molecule has 14 heavy (non-hydrogen) atoms. The number of methoxy groups -OCH3 is 2. The lowest BCUT2D eigenvalue weighted by Crippen LogP contribution is -2.25. The van der Waals surface area contributed by atoms with Gasteiger partial charge in [0.25, 0.3) is 0 Å². The van der Waals surface area contributed by atoms with E-state index in [9.17, 15) is 0 Å². The van der Waals surface area contributed by atoms with E-state index in [1.165, 1.54) is 0 Å². The summed E-state index contributed by atoms with van der Waals surface area (Å²) >= 11 is 0. The van der Waals surface area contributed by atoms with Gasteiger partial charge in [-0.1, -0.05) is 19.1 Å². The number of ether oxygens (including phenoxy) is 2. The Labute approximate surface area is 87.6 Å². The molecule has 0 amide bonds. The van der Waals surface area contributed by atoms with Crippen LogP contribution in [0.25, 0.3) is 0 Å². The van der Waals surface area contributed by atoms with Gasteiger partial charge in [0.15, 0.2) is 6.29 Å². The van der Waals surface area contributed by atoms with Crippen LogP contribution in [-0.2, 0) is 9.47 Å². The minimum atomic E-state index is -0.139. The Hall–Kier alpha value is -0.600. The molecule has 0 rings (SSSR count). The Morgan fingerprint density at radius 2 is 1.57 bits per heavy atom. The predicted octanol–water partition coefficient (Wildman–Crippen LogP) is 3.15. The number of hydrogen-bond donors (Lipinski definition) is 0. The zero-order chi connectivity index (χ0) is 11.0. The van der Waals surface area contributed by atoms with Crippen molar-refractivity contribution in [3.63, 3.8) is 0 Å². The molecule has 82 valence electrons. The van der Waals surface area contributed by atoms with E-state index in [-0.39, 0.29) is 11.7 Å². The Morgan fingerprint density at radius 1 is 1.14 bits per heavy atom. The minimum Gasteiger partial charge on any atom is -0.356 e. The van der Waals surface area contributed by atoms with Crippen LogP contribution in [0.15, 0.2) is 25.3 Å². The van der Waals surface area contributed by atoms with Crippen molar-refractivity contribution in [1.82, 2.24) is 0 Å². The number of allylic oxidation sites excluding steroid dienone is 2. The quantitative estimate of drug-likeness (QED) is 0.440. The Balaban J connectivity index is 4.31. The fourth-order valence-electron chi connectivity index (χ4n) is 1.61. The fourth-order valence-corrected chi connectivity index (χ4v) is 1.61. The van der Waals surface area contributed by atoms with Crippen LogP contribution in [0, 0.1) is 5.41 Å². The van der Waals surface area contributed by atoms with Crippen molar-refractivity contribution < 1.29 is 9.47 Å². The van der Waals surface area contributed by atoms with Crippen molar-refractivity contribution in [2.24, 2.45) is 5.41 Å². The maximum absolute atomic E-state index is 5.20. The maximum Gasteiger partial charge on any atom is 0.157 e. The van der Waals surface area contributed by atoms with E-state index < -0.39 is 0 Å². The summed E-state index contributed by atoms with van der Waals surface area (Å²) in [4.78, 5) is 0. The molecule has 0 atom stereocenters. The van der Waals surface area contributed by atoms with E-state index in [0.29, 0.717) is 0 Å². The van der Waals surface area contributed by atoms with Gasteiger partial charge in [-0.3, -0.25) is 0 Å². The van der Waals surface area contributed by atoms with E-state index in [4.69, 9.17) is 9.47 Å². The first-order valence-corrected chi connectivity index (χ1v) is 4.89. The lowest BCUT2D eigenvalue weighted by molar-refractivity contribution is -0.123. The zero-order valence-corrected chi connectivity index (χ0v) is 9.58. The SMILES string of the molecule is C=CCC(C)(CC=C)CC(OC)OC. The topological polar surface area (TPSA) is 18.5 Å². The molecule has 0 bridgehead atoms. The molecule has 2 nitrogen and oxygen atoms in total. The van der Waals surface area contributed by atoms with Gasteiger partial charge in [0, 0.05) is 20.6 Å². The number of rotatable bonds is 8. The molecule has 0 fully saturated rings. The van der Waals surface area contributed by atoms with Crippen molar-refractivity contribution >= 4 is 0 Å². The number of hydrogen-bond acceptors (Lipinski definition) is 2. The van der Waals surface area contributed by atoms with Crippen LogP contribution in [0.5, 0.6) is 0 Å². The highest BCUT2D eigenvalue weighted by molar-refractivity contribution is 4.89. The predicted molar refractivity (Wildman–Crippen MR) is 60.2 cm³/mol. The van der Waals surface area contributed by atoms with Crippen molar-refractivity contribution in [3.05, 3.63) is 25.3 Å². The van der Waals surface area contributed by atoms with Crippen LogP contribution in [0.4, 0.5) is 0 Å². The zero-order valence-electron chi connectivity index (χ0n) is 9.58. The molecule has 0 unspecified atom stereocenters. The minimum absolute atomic E-state index is 0.139. The molecular formula is C12H22O2. The maximum atomic E-state index is 5.20. The van der Waals surface area contributed by atoms with Crippen molar-refractivity contribution in [1.29, 1.82) is 0 Å². The highest BCUT2D eigenvalue weighted by Gasteiger charge is 2.25. The van der Waals surface area contributed by atoms with Gasteiger partial charge in [-0.05, 0) is 18.3 Å². The van der Waals surface area contributed by atoms with E-state index >= 15 is 0 Å². The first-order chi connectivity index (χ1) is 6.61. The van der Waals surface area contributed by atoms with Crippen LogP contribution < -0.4 is 0 Å². The van der Waals surface area contributed by atoms with Gasteiger partial charge in [0.2, 0.25) is 0 Å². The molecule has 0 aliphatic carbocycles. The first kappa shape index (κ1) is 13.4. The van der Waals surface area contributed by atoms with Gasteiger partial charge >= 0.3 is 0 Å². The van der Waals surface area contributed by atoms with Crippen LogP contribution in [-0.4, -0.2) is 20.5 Å². The average molecular weight is 198 g/mol. The highest BCUT2D eigenvalue weighted by atomic mass is 16.7. The third-order valence-corrected chi connectivity index (χ3v) is 2.46. The summed E-state index contributed by atoms with van der Waals surface area (Å²) in [7, 11) is 3.33. The smallest absolute Gasteiger partial charge is 0.157 e. The molecule has 0 N–H and O–H groups in total. The third-order valence-electron chi connectivity index (χ3n) is 2.46. The molecule has 0 spiro atoms. The molecule has 0 heterocycles. The van der Waals surface area contributed by atoms with Crippen LogP contribution in [0.2, 0.25) is 0 Å². The summed E-state index contributed by atoms with van der Waals surface area (Å²) < 4.78 is 10.4. The van der Waals surface area contributed by atoms with Gasteiger partial charge < -0.3 is 9.47 Å². The molecule has 0 aromatic heterocycles. The molecule has 0 saturated heterocycles. The average Bonchev–Trinajstić information content (AvgIpc) is 2.15.